The van der Waals surface area contributed by atoms with Crippen LogP contribution in [0.3, 0.4) is 0 Å². The first-order valence-corrected chi connectivity index (χ1v) is 16.0. The minimum absolute atomic E-state index is 0.00756. The summed E-state index contributed by atoms with van der Waals surface area (Å²) in [5, 5.41) is 9.71. The lowest BCUT2D eigenvalue weighted by Crippen LogP contribution is -2.46. The molecule has 0 saturated carbocycles. The highest BCUT2D eigenvalue weighted by Crippen LogP contribution is 2.35. The lowest BCUT2D eigenvalue weighted by molar-refractivity contribution is -0.121. The Kier molecular flexibility index (Phi) is 12.3. The van der Waals surface area contributed by atoms with Gasteiger partial charge in [0, 0.05) is 44.7 Å². The Labute approximate surface area is 275 Å². The van der Waals surface area contributed by atoms with E-state index in [2.05, 4.69) is 0 Å². The molecule has 47 heavy (non-hydrogen) atoms. The van der Waals surface area contributed by atoms with Crippen LogP contribution in [-0.4, -0.2) is 88.4 Å². The summed E-state index contributed by atoms with van der Waals surface area (Å²) in [7, 11) is 3.29. The first-order valence-electron chi connectivity index (χ1n) is 16.0. The minimum atomic E-state index is -0.955. The van der Waals surface area contributed by atoms with Crippen molar-refractivity contribution < 1.29 is 43.1 Å². The quantitative estimate of drug-likeness (QED) is 0.201. The number of amides is 2. The van der Waals surface area contributed by atoms with Crippen molar-refractivity contribution in [2.24, 2.45) is 0 Å². The molecule has 2 aliphatic heterocycles. The molecular formula is C36H44N2O9. The van der Waals surface area contributed by atoms with Crippen molar-refractivity contribution in [1.29, 1.82) is 0 Å². The van der Waals surface area contributed by atoms with E-state index in [1.165, 1.54) is 4.90 Å². The van der Waals surface area contributed by atoms with Gasteiger partial charge in [0.25, 0.3) is 5.91 Å². The smallest absolute Gasteiger partial charge is 0.407 e. The van der Waals surface area contributed by atoms with Crippen molar-refractivity contribution in [2.75, 3.05) is 65.2 Å². The van der Waals surface area contributed by atoms with Gasteiger partial charge in [0.2, 0.25) is 0 Å². The highest BCUT2D eigenvalue weighted by Gasteiger charge is 2.33. The number of carbonyl (C=O) groups excluding carboxylic acids is 1. The zero-order valence-corrected chi connectivity index (χ0v) is 27.1. The van der Waals surface area contributed by atoms with E-state index in [-0.39, 0.29) is 37.7 Å². The number of likely N-dealkylation sites (tertiary alicyclic amines) is 1. The third-order valence-corrected chi connectivity index (χ3v) is 8.45. The third-order valence-electron chi connectivity index (χ3n) is 8.45. The topological polar surface area (TPSA) is 116 Å². The average molecular weight is 649 g/mol. The Bertz CT molecular complexity index is 1470. The standard InChI is InChI=1S/C36H44N2O9/c1-42-18-5-16-38-31-21-26(9-14-33(31)47-25-35(38)39)23-46-34-22-37(36(40)41)17-15-30(34)27-10-12-29(13-11-27)45-20-6-19-44-24-28-7-3-4-8-32(28)43-2/h3-4,7-14,21,30,34H,5-6,15-20,22-25H2,1-2H3,(H,40,41). The molecule has 2 unspecified atom stereocenters. The molecule has 0 aliphatic carbocycles. The van der Waals surface area contributed by atoms with Crippen LogP contribution in [0.25, 0.3) is 0 Å². The molecule has 3 aromatic carbocycles. The summed E-state index contributed by atoms with van der Waals surface area (Å²) in [4.78, 5) is 27.6. The molecule has 0 radical (unpaired) electrons. The zero-order chi connectivity index (χ0) is 33.0. The lowest BCUT2D eigenvalue weighted by atomic mass is 9.87. The summed E-state index contributed by atoms with van der Waals surface area (Å²) in [6.45, 7) is 3.63. The Morgan fingerprint density at radius 3 is 2.60 bits per heavy atom. The number of carbonyl (C=O) groups is 2. The molecule has 11 nitrogen and oxygen atoms in total. The van der Waals surface area contributed by atoms with Gasteiger partial charge in [-0.05, 0) is 54.3 Å². The van der Waals surface area contributed by atoms with Crippen LogP contribution < -0.4 is 19.1 Å². The Balaban J connectivity index is 1.16. The molecule has 2 amide bonds. The van der Waals surface area contributed by atoms with E-state index in [9.17, 15) is 14.7 Å². The highest BCUT2D eigenvalue weighted by molar-refractivity contribution is 5.97. The maximum Gasteiger partial charge on any atom is 0.407 e. The molecule has 1 N–H and O–H groups in total. The number of methoxy groups -OCH3 is 2. The average Bonchev–Trinajstić information content (AvgIpc) is 3.10. The van der Waals surface area contributed by atoms with Crippen molar-refractivity contribution in [3.05, 3.63) is 83.4 Å². The maximum absolute atomic E-state index is 12.6. The van der Waals surface area contributed by atoms with Crippen LogP contribution in [0.4, 0.5) is 10.5 Å². The first kappa shape index (κ1) is 34.0. The molecule has 11 heteroatoms. The molecule has 2 atom stereocenters. The second-order valence-corrected chi connectivity index (χ2v) is 11.6. The summed E-state index contributed by atoms with van der Waals surface area (Å²) >= 11 is 0. The van der Waals surface area contributed by atoms with Gasteiger partial charge in [0.1, 0.15) is 17.2 Å². The number of fused-ring (bicyclic) bond motifs is 1. The lowest BCUT2D eigenvalue weighted by Gasteiger charge is -2.37. The fourth-order valence-corrected chi connectivity index (χ4v) is 5.96. The molecule has 2 aliphatic rings. The van der Waals surface area contributed by atoms with Gasteiger partial charge >= 0.3 is 6.09 Å². The van der Waals surface area contributed by atoms with Crippen LogP contribution in [0.15, 0.2) is 66.7 Å². The largest absolute Gasteiger partial charge is 0.496 e. The predicted octanol–water partition coefficient (Wildman–Crippen LogP) is 5.50. The van der Waals surface area contributed by atoms with E-state index in [1.54, 1.807) is 19.1 Å². The molecule has 252 valence electrons. The van der Waals surface area contributed by atoms with E-state index >= 15 is 0 Å². The van der Waals surface area contributed by atoms with Gasteiger partial charge in [-0.1, -0.05) is 36.4 Å². The number of nitrogens with zero attached hydrogens (tertiary/aromatic N) is 2. The fourth-order valence-electron chi connectivity index (χ4n) is 5.96. The first-order chi connectivity index (χ1) is 23.0. The Morgan fingerprint density at radius 1 is 0.979 bits per heavy atom. The maximum atomic E-state index is 12.6. The second kappa shape index (κ2) is 17.0. The van der Waals surface area contributed by atoms with Crippen molar-refractivity contribution >= 4 is 17.7 Å². The van der Waals surface area contributed by atoms with Gasteiger partial charge in [-0.25, -0.2) is 4.79 Å². The fraction of sp³-hybridized carbons (Fsp3) is 0.444. The normalized spacial score (nSPS) is 17.6. The van der Waals surface area contributed by atoms with E-state index in [4.69, 9.17) is 28.4 Å². The molecule has 0 aromatic heterocycles. The molecule has 1 saturated heterocycles. The Morgan fingerprint density at radius 2 is 1.81 bits per heavy atom. The van der Waals surface area contributed by atoms with E-state index < -0.39 is 6.09 Å². The molecule has 1 fully saturated rings. The molecule has 0 spiro atoms. The predicted molar refractivity (Wildman–Crippen MR) is 176 cm³/mol. The van der Waals surface area contributed by atoms with Crippen LogP contribution in [0.1, 0.15) is 41.9 Å². The van der Waals surface area contributed by atoms with Crippen LogP contribution in [-0.2, 0) is 32.2 Å². The van der Waals surface area contributed by atoms with Crippen molar-refractivity contribution in [3.63, 3.8) is 0 Å². The van der Waals surface area contributed by atoms with Gasteiger partial charge in [-0.2, -0.15) is 0 Å². The summed E-state index contributed by atoms with van der Waals surface area (Å²) in [5.74, 6) is 2.15. The number of hydrogen-bond donors (Lipinski definition) is 1. The van der Waals surface area contributed by atoms with Gasteiger partial charge in [0.05, 0.1) is 51.9 Å². The number of ether oxygens (including phenoxy) is 6. The number of anilines is 1. The van der Waals surface area contributed by atoms with E-state index in [1.807, 2.05) is 66.7 Å². The number of piperidine rings is 1. The van der Waals surface area contributed by atoms with Gasteiger partial charge in [0.15, 0.2) is 6.61 Å². The van der Waals surface area contributed by atoms with Gasteiger partial charge in [-0.15, -0.1) is 0 Å². The van der Waals surface area contributed by atoms with Crippen LogP contribution in [0.5, 0.6) is 17.2 Å². The van der Waals surface area contributed by atoms with Gasteiger partial charge < -0.3 is 43.3 Å². The summed E-state index contributed by atoms with van der Waals surface area (Å²) in [5.41, 5.74) is 3.67. The van der Waals surface area contributed by atoms with Crippen LogP contribution >= 0.6 is 0 Å². The Hall–Kier alpha value is -4.32. The van der Waals surface area contributed by atoms with Crippen LogP contribution in [0, 0.1) is 0 Å². The highest BCUT2D eigenvalue weighted by atomic mass is 16.5. The molecular weight excluding hydrogens is 604 g/mol. The number of hydrogen-bond acceptors (Lipinski definition) is 8. The number of para-hydroxylation sites is 1. The van der Waals surface area contributed by atoms with Crippen molar-refractivity contribution in [1.82, 2.24) is 4.90 Å². The third kappa shape index (κ3) is 9.15. The summed E-state index contributed by atoms with van der Waals surface area (Å²) < 4.78 is 34.4. The number of carboxylic acid groups (broad SMARTS) is 1. The van der Waals surface area contributed by atoms with Crippen LogP contribution in [0.2, 0.25) is 0 Å². The number of benzene rings is 3. The SMILES string of the molecule is COCCCN1C(=O)COc2ccc(COC3CN(C(=O)O)CCC3c3ccc(OCCCOCc4ccccc4OC)cc3)cc21. The second-order valence-electron chi connectivity index (χ2n) is 11.6. The monoisotopic (exact) mass is 648 g/mol. The molecule has 3 aromatic rings. The minimum Gasteiger partial charge on any atom is -0.496 e. The van der Waals surface area contributed by atoms with E-state index in [0.29, 0.717) is 63.8 Å². The van der Waals surface area contributed by atoms with E-state index in [0.717, 1.165) is 34.6 Å². The zero-order valence-electron chi connectivity index (χ0n) is 27.1. The number of rotatable bonds is 16. The molecule has 5 rings (SSSR count). The summed E-state index contributed by atoms with van der Waals surface area (Å²) in [6, 6.07) is 21.5. The van der Waals surface area contributed by atoms with Gasteiger partial charge in [-0.3, -0.25) is 4.79 Å². The van der Waals surface area contributed by atoms with Crippen molar-refractivity contribution in [2.45, 2.75) is 44.5 Å². The molecule has 2 heterocycles. The van der Waals surface area contributed by atoms with Crippen molar-refractivity contribution in [3.8, 4) is 17.2 Å². The summed E-state index contributed by atoms with van der Waals surface area (Å²) in [6.07, 6.45) is 0.789. The molecule has 0 bridgehead atoms.